The van der Waals surface area contributed by atoms with Gasteiger partial charge in [-0.05, 0) is 67.6 Å². The highest BCUT2D eigenvalue weighted by molar-refractivity contribution is 7.18. The third-order valence-corrected chi connectivity index (χ3v) is 5.18. The Labute approximate surface area is 170 Å². The van der Waals surface area contributed by atoms with Gasteiger partial charge >= 0.3 is 0 Å². The third-order valence-electron chi connectivity index (χ3n) is 4.24. The minimum absolute atomic E-state index is 0.288. The van der Waals surface area contributed by atoms with E-state index in [1.165, 1.54) is 24.3 Å². The van der Waals surface area contributed by atoms with E-state index in [2.05, 4.69) is 15.6 Å². The summed E-state index contributed by atoms with van der Waals surface area (Å²) in [5, 5.41) is 6.55. The lowest BCUT2D eigenvalue weighted by molar-refractivity contribution is 0.101. The van der Waals surface area contributed by atoms with Crippen LogP contribution in [0.4, 0.5) is 15.8 Å². The van der Waals surface area contributed by atoms with Crippen molar-refractivity contribution in [1.82, 2.24) is 4.98 Å². The zero-order chi connectivity index (χ0) is 20.4. The fourth-order valence-electron chi connectivity index (χ4n) is 2.86. The van der Waals surface area contributed by atoms with Gasteiger partial charge in [-0.15, -0.1) is 11.3 Å². The molecule has 4 aromatic rings. The molecule has 29 heavy (non-hydrogen) atoms. The number of nitrogens with zero attached hydrogens (tertiary/aromatic N) is 1. The van der Waals surface area contributed by atoms with Gasteiger partial charge in [-0.2, -0.15) is 0 Å². The molecule has 4 rings (SSSR count). The summed E-state index contributed by atoms with van der Waals surface area (Å²) in [6.45, 7) is 1.94. The highest BCUT2D eigenvalue weighted by atomic mass is 32.1. The van der Waals surface area contributed by atoms with Gasteiger partial charge in [0.05, 0.1) is 15.2 Å². The number of carbonyl (C=O) groups is 2. The van der Waals surface area contributed by atoms with Crippen molar-refractivity contribution in [3.63, 3.8) is 0 Å². The van der Waals surface area contributed by atoms with Gasteiger partial charge in [-0.1, -0.05) is 6.07 Å². The molecule has 144 valence electrons. The Hall–Kier alpha value is -3.58. The van der Waals surface area contributed by atoms with E-state index in [0.29, 0.717) is 22.5 Å². The summed E-state index contributed by atoms with van der Waals surface area (Å²) >= 11 is 1.56. The normalized spacial score (nSPS) is 10.7. The number of carbonyl (C=O) groups excluding carboxylic acids is 2. The van der Waals surface area contributed by atoms with Crippen LogP contribution in [0.2, 0.25) is 0 Å². The molecule has 0 aliphatic rings. The maximum absolute atomic E-state index is 13.0. The number of amides is 2. The van der Waals surface area contributed by atoms with E-state index in [9.17, 15) is 14.0 Å². The van der Waals surface area contributed by atoms with Crippen LogP contribution in [-0.4, -0.2) is 16.8 Å². The van der Waals surface area contributed by atoms with Crippen LogP contribution in [0.3, 0.4) is 0 Å². The Bertz CT molecular complexity index is 1220. The lowest BCUT2D eigenvalue weighted by Crippen LogP contribution is -2.14. The number of hydrogen-bond acceptors (Lipinski definition) is 4. The average molecular weight is 405 g/mol. The number of aromatic nitrogens is 1. The number of aryl methyl sites for hydroxylation is 1. The highest BCUT2D eigenvalue weighted by Gasteiger charge is 2.11. The first kappa shape index (κ1) is 18.8. The first-order chi connectivity index (χ1) is 14.0. The van der Waals surface area contributed by atoms with Gasteiger partial charge in [0.15, 0.2) is 0 Å². The number of hydrogen-bond donors (Lipinski definition) is 2. The maximum Gasteiger partial charge on any atom is 0.255 e. The van der Waals surface area contributed by atoms with Crippen molar-refractivity contribution in [3.05, 3.63) is 88.7 Å². The summed E-state index contributed by atoms with van der Waals surface area (Å²) in [4.78, 5) is 29.3. The summed E-state index contributed by atoms with van der Waals surface area (Å²) in [5.74, 6) is -1.08. The molecule has 0 fully saturated rings. The van der Waals surface area contributed by atoms with E-state index in [0.717, 1.165) is 15.2 Å². The van der Waals surface area contributed by atoms with Gasteiger partial charge in [-0.25, -0.2) is 9.37 Å². The molecule has 5 nitrogen and oxygen atoms in total. The van der Waals surface area contributed by atoms with Crippen molar-refractivity contribution in [1.29, 1.82) is 0 Å². The summed E-state index contributed by atoms with van der Waals surface area (Å²) < 4.78 is 14.0. The molecule has 0 saturated carbocycles. The first-order valence-electron chi connectivity index (χ1n) is 8.83. The quantitative estimate of drug-likeness (QED) is 0.487. The smallest absolute Gasteiger partial charge is 0.255 e. The topological polar surface area (TPSA) is 71.1 Å². The van der Waals surface area contributed by atoms with Crippen LogP contribution in [-0.2, 0) is 0 Å². The number of benzene rings is 3. The lowest BCUT2D eigenvalue weighted by atomic mass is 10.1. The Morgan fingerprint density at radius 1 is 0.862 bits per heavy atom. The van der Waals surface area contributed by atoms with Gasteiger partial charge in [0.25, 0.3) is 11.8 Å². The molecule has 7 heteroatoms. The Morgan fingerprint density at radius 2 is 1.55 bits per heavy atom. The van der Waals surface area contributed by atoms with Crippen molar-refractivity contribution in [2.24, 2.45) is 0 Å². The molecule has 2 N–H and O–H groups in total. The summed E-state index contributed by atoms with van der Waals surface area (Å²) in [6.07, 6.45) is 0. The second kappa shape index (κ2) is 7.81. The second-order valence-corrected chi connectivity index (χ2v) is 7.65. The van der Waals surface area contributed by atoms with Gasteiger partial charge < -0.3 is 10.6 Å². The van der Waals surface area contributed by atoms with Crippen molar-refractivity contribution >= 4 is 44.7 Å². The number of fused-ring (bicyclic) bond motifs is 1. The minimum atomic E-state index is -0.410. The molecule has 2 amide bonds. The number of nitrogens with one attached hydrogen (secondary N) is 2. The van der Waals surface area contributed by atoms with Crippen molar-refractivity contribution in [3.8, 4) is 0 Å². The van der Waals surface area contributed by atoms with Crippen LogP contribution in [0.5, 0.6) is 0 Å². The highest BCUT2D eigenvalue weighted by Crippen LogP contribution is 2.25. The van der Waals surface area contributed by atoms with Crippen molar-refractivity contribution in [2.45, 2.75) is 6.92 Å². The van der Waals surface area contributed by atoms with E-state index in [-0.39, 0.29) is 11.8 Å². The van der Waals surface area contributed by atoms with Gasteiger partial charge in [0.1, 0.15) is 5.82 Å². The van der Waals surface area contributed by atoms with Crippen LogP contribution in [0.25, 0.3) is 10.2 Å². The van der Waals surface area contributed by atoms with Crippen molar-refractivity contribution in [2.75, 3.05) is 10.6 Å². The maximum atomic E-state index is 13.0. The molecule has 1 aromatic heterocycles. The van der Waals surface area contributed by atoms with Crippen LogP contribution >= 0.6 is 11.3 Å². The van der Waals surface area contributed by atoms with E-state index in [1.54, 1.807) is 41.7 Å². The van der Waals surface area contributed by atoms with Crippen LogP contribution in [0.1, 0.15) is 25.7 Å². The van der Waals surface area contributed by atoms with Gasteiger partial charge in [-0.3, -0.25) is 9.59 Å². The number of anilines is 2. The Morgan fingerprint density at radius 3 is 2.31 bits per heavy atom. The summed E-state index contributed by atoms with van der Waals surface area (Å²) in [7, 11) is 0. The van der Waals surface area contributed by atoms with Crippen molar-refractivity contribution < 1.29 is 14.0 Å². The minimum Gasteiger partial charge on any atom is -0.322 e. The van der Waals surface area contributed by atoms with Crippen LogP contribution in [0, 0.1) is 12.7 Å². The standard InChI is InChI=1S/C22H16FN3O2S/c1-13-24-19-10-9-18(12-20(19)29-13)26-22(28)15-3-2-4-17(11-15)25-21(27)14-5-7-16(23)8-6-14/h2-12H,1H3,(H,25,27)(H,26,28). The molecule has 0 saturated heterocycles. The molecule has 0 unspecified atom stereocenters. The predicted molar refractivity (Wildman–Crippen MR) is 113 cm³/mol. The monoisotopic (exact) mass is 405 g/mol. The third kappa shape index (κ3) is 4.30. The lowest BCUT2D eigenvalue weighted by Gasteiger charge is -2.09. The van der Waals surface area contributed by atoms with E-state index in [4.69, 9.17) is 0 Å². The van der Waals surface area contributed by atoms with Crippen LogP contribution < -0.4 is 10.6 Å². The molecule has 0 radical (unpaired) electrons. The number of rotatable bonds is 4. The first-order valence-corrected chi connectivity index (χ1v) is 9.65. The van der Waals surface area contributed by atoms with E-state index in [1.807, 2.05) is 19.1 Å². The molecule has 0 atom stereocenters. The largest absolute Gasteiger partial charge is 0.322 e. The second-order valence-electron chi connectivity index (χ2n) is 6.41. The van der Waals surface area contributed by atoms with E-state index >= 15 is 0 Å². The number of halogens is 1. The SMILES string of the molecule is Cc1nc2ccc(NC(=O)c3cccc(NC(=O)c4ccc(F)cc4)c3)cc2s1. The van der Waals surface area contributed by atoms with Gasteiger partial charge in [0, 0.05) is 22.5 Å². The zero-order valence-electron chi connectivity index (χ0n) is 15.4. The van der Waals surface area contributed by atoms with E-state index < -0.39 is 5.82 Å². The molecule has 0 aliphatic heterocycles. The molecular weight excluding hydrogens is 389 g/mol. The Balaban J connectivity index is 1.48. The molecule has 3 aromatic carbocycles. The fourth-order valence-corrected chi connectivity index (χ4v) is 3.73. The van der Waals surface area contributed by atoms with Crippen LogP contribution in [0.15, 0.2) is 66.7 Å². The number of thiazole rings is 1. The predicted octanol–water partition coefficient (Wildman–Crippen LogP) is 5.25. The fraction of sp³-hybridized carbons (Fsp3) is 0.0455. The molecular formula is C22H16FN3O2S. The van der Waals surface area contributed by atoms with Gasteiger partial charge in [0.2, 0.25) is 0 Å². The summed E-state index contributed by atoms with van der Waals surface area (Å²) in [6, 6.07) is 17.4. The Kier molecular flexibility index (Phi) is 5.05. The average Bonchev–Trinajstić information content (AvgIpc) is 3.08. The zero-order valence-corrected chi connectivity index (χ0v) is 16.2. The molecule has 0 bridgehead atoms. The molecule has 1 heterocycles. The summed E-state index contributed by atoms with van der Waals surface area (Å²) in [5.41, 5.74) is 2.78. The molecule has 0 aliphatic carbocycles. The molecule has 0 spiro atoms.